The number of hydrogen-bond acceptors (Lipinski definition) is 5. The lowest BCUT2D eigenvalue weighted by molar-refractivity contribution is -0.121. The number of nitrogens with one attached hydrogen (secondary N) is 1. The van der Waals surface area contributed by atoms with Crippen LogP contribution in [0.4, 0.5) is 0 Å². The van der Waals surface area contributed by atoms with Gasteiger partial charge in [0, 0.05) is 10.0 Å². The van der Waals surface area contributed by atoms with Gasteiger partial charge in [0.25, 0.3) is 15.9 Å². The van der Waals surface area contributed by atoms with Crippen LogP contribution in [0, 0.1) is 0 Å². The molecule has 6 nitrogen and oxygen atoms in total. The third kappa shape index (κ3) is 4.86. The molecule has 0 heterocycles. The molecule has 1 N–H and O–H groups in total. The summed E-state index contributed by atoms with van der Waals surface area (Å²) in [5.74, 6) is 0.273. The van der Waals surface area contributed by atoms with Crippen molar-refractivity contribution in [3.8, 4) is 11.5 Å². The minimum absolute atomic E-state index is 0.142. The normalized spacial score (nSPS) is 11.2. The molecule has 0 spiro atoms. The summed E-state index contributed by atoms with van der Waals surface area (Å²) in [5, 5.41) is 2.11. The van der Waals surface area contributed by atoms with Crippen molar-refractivity contribution in [2.24, 2.45) is 0 Å². The molecule has 0 unspecified atom stereocenters. The van der Waals surface area contributed by atoms with Gasteiger partial charge in [-0.05, 0) is 53.2 Å². The van der Waals surface area contributed by atoms with Crippen LogP contribution in [0.3, 0.4) is 0 Å². The van der Waals surface area contributed by atoms with E-state index in [1.807, 2.05) is 29.0 Å². The van der Waals surface area contributed by atoms with E-state index in [9.17, 15) is 13.2 Å². The van der Waals surface area contributed by atoms with Crippen molar-refractivity contribution in [1.29, 1.82) is 0 Å². The van der Waals surface area contributed by atoms with Crippen molar-refractivity contribution in [2.75, 3.05) is 13.7 Å². The molecular weight excluding hydrogens is 425 g/mol. The maximum absolute atomic E-state index is 12.3. The second kappa shape index (κ2) is 8.26. The van der Waals surface area contributed by atoms with Gasteiger partial charge in [0.05, 0.1) is 12.0 Å². The molecule has 0 aliphatic rings. The molecule has 0 radical (unpaired) electrons. The summed E-state index contributed by atoms with van der Waals surface area (Å²) in [7, 11) is -2.55. The second-order valence-electron chi connectivity index (χ2n) is 5.80. The van der Waals surface area contributed by atoms with Gasteiger partial charge in [0.15, 0.2) is 6.61 Å². The van der Waals surface area contributed by atoms with Gasteiger partial charge in [-0.1, -0.05) is 35.3 Å². The molecule has 0 aliphatic carbocycles. The Hall–Kier alpha value is -2.48. The summed E-state index contributed by atoms with van der Waals surface area (Å²) in [4.78, 5) is 11.8. The van der Waals surface area contributed by atoms with Gasteiger partial charge in [-0.3, -0.25) is 4.79 Å². The van der Waals surface area contributed by atoms with Crippen LogP contribution in [-0.2, 0) is 14.8 Å². The predicted molar refractivity (Wildman–Crippen MR) is 108 cm³/mol. The zero-order valence-corrected chi connectivity index (χ0v) is 16.9. The molecule has 0 bridgehead atoms. The van der Waals surface area contributed by atoms with Crippen molar-refractivity contribution < 1.29 is 22.7 Å². The molecule has 3 aromatic rings. The second-order valence-corrected chi connectivity index (χ2v) is 8.35. The average Bonchev–Trinajstić information content (AvgIpc) is 2.64. The number of hydrogen-bond donors (Lipinski definition) is 1. The number of amides is 1. The van der Waals surface area contributed by atoms with E-state index in [0.717, 1.165) is 10.8 Å². The van der Waals surface area contributed by atoms with Gasteiger partial charge in [0.2, 0.25) is 0 Å². The Morgan fingerprint density at radius 1 is 0.929 bits per heavy atom. The van der Waals surface area contributed by atoms with Crippen molar-refractivity contribution in [1.82, 2.24) is 4.72 Å². The fraction of sp³-hybridized carbons (Fsp3) is 0.105. The number of rotatable bonds is 6. The zero-order valence-electron chi connectivity index (χ0n) is 14.6. The number of halogens is 2. The quantitative estimate of drug-likeness (QED) is 0.626. The van der Waals surface area contributed by atoms with Gasteiger partial charge < -0.3 is 9.47 Å². The van der Waals surface area contributed by atoms with Gasteiger partial charge >= 0.3 is 0 Å². The molecule has 28 heavy (non-hydrogen) atoms. The number of benzene rings is 3. The van der Waals surface area contributed by atoms with Gasteiger partial charge in [-0.2, -0.15) is 0 Å². The van der Waals surface area contributed by atoms with Crippen LogP contribution in [0.15, 0.2) is 59.5 Å². The lowest BCUT2D eigenvalue weighted by Crippen LogP contribution is -2.34. The largest absolute Gasteiger partial charge is 0.497 e. The average molecular weight is 440 g/mol. The first-order valence-corrected chi connectivity index (χ1v) is 10.2. The molecule has 0 aliphatic heterocycles. The van der Waals surface area contributed by atoms with Crippen LogP contribution in [0.1, 0.15) is 0 Å². The zero-order chi connectivity index (χ0) is 20.3. The van der Waals surface area contributed by atoms with Crippen LogP contribution < -0.4 is 14.2 Å². The first-order chi connectivity index (χ1) is 13.3. The highest BCUT2D eigenvalue weighted by molar-refractivity contribution is 7.90. The van der Waals surface area contributed by atoms with E-state index in [2.05, 4.69) is 0 Å². The maximum Gasteiger partial charge on any atom is 0.271 e. The lowest BCUT2D eigenvalue weighted by Gasteiger charge is -2.10. The molecule has 0 aromatic heterocycles. The Bertz CT molecular complexity index is 1130. The van der Waals surface area contributed by atoms with E-state index in [0.29, 0.717) is 11.5 Å². The molecule has 9 heteroatoms. The summed E-state index contributed by atoms with van der Waals surface area (Å²) in [5.41, 5.74) is 0. The Morgan fingerprint density at radius 3 is 2.18 bits per heavy atom. The maximum atomic E-state index is 12.3. The van der Waals surface area contributed by atoms with E-state index in [1.54, 1.807) is 19.2 Å². The predicted octanol–water partition coefficient (Wildman–Crippen LogP) is 4.04. The summed E-state index contributed by atoms with van der Waals surface area (Å²) in [6.45, 7) is -0.483. The van der Waals surface area contributed by atoms with Crippen molar-refractivity contribution in [3.63, 3.8) is 0 Å². The molecule has 3 aromatic carbocycles. The number of carbonyl (C=O) groups excluding carboxylic acids is 1. The summed E-state index contributed by atoms with van der Waals surface area (Å²) >= 11 is 11.6. The van der Waals surface area contributed by atoms with Crippen LogP contribution in [-0.4, -0.2) is 28.0 Å². The van der Waals surface area contributed by atoms with E-state index >= 15 is 0 Å². The molecule has 3 rings (SSSR count). The van der Waals surface area contributed by atoms with Crippen LogP contribution in [0.2, 0.25) is 10.0 Å². The molecule has 0 atom stereocenters. The van der Waals surface area contributed by atoms with Crippen LogP contribution in [0.5, 0.6) is 11.5 Å². The molecule has 0 saturated heterocycles. The summed E-state index contributed by atoms with van der Waals surface area (Å²) in [6, 6.07) is 14.6. The lowest BCUT2D eigenvalue weighted by atomic mass is 10.1. The topological polar surface area (TPSA) is 81.7 Å². The first-order valence-electron chi connectivity index (χ1n) is 7.99. The summed E-state index contributed by atoms with van der Waals surface area (Å²) in [6.07, 6.45) is 0. The van der Waals surface area contributed by atoms with E-state index in [1.165, 1.54) is 18.2 Å². The number of carbonyl (C=O) groups is 1. The molecule has 1 amide bonds. The Morgan fingerprint density at radius 2 is 1.54 bits per heavy atom. The number of fused-ring (bicyclic) bond motifs is 1. The van der Waals surface area contributed by atoms with E-state index in [4.69, 9.17) is 32.7 Å². The molecular formula is C19H15Cl2NO5S. The highest BCUT2D eigenvalue weighted by atomic mass is 35.5. The summed E-state index contributed by atoms with van der Waals surface area (Å²) < 4.78 is 37.1. The van der Waals surface area contributed by atoms with Gasteiger partial charge in [-0.15, -0.1) is 0 Å². The van der Waals surface area contributed by atoms with Crippen molar-refractivity contribution >= 4 is 49.9 Å². The number of sulfonamides is 1. The minimum Gasteiger partial charge on any atom is -0.497 e. The standard InChI is InChI=1S/C19H15Cl2NO5S/c1-26-16-4-2-12-3-5-17(7-13(12)6-16)27-11-19(23)22-28(24,25)18-9-14(20)8-15(21)10-18/h2-10H,11H2,1H3,(H,22,23). The Labute approximate surface area is 172 Å². The van der Waals surface area contributed by atoms with Crippen LogP contribution >= 0.6 is 23.2 Å². The van der Waals surface area contributed by atoms with E-state index < -0.39 is 22.5 Å². The molecule has 0 fully saturated rings. The highest BCUT2D eigenvalue weighted by Crippen LogP contribution is 2.25. The minimum atomic E-state index is -4.12. The molecule has 0 saturated carbocycles. The van der Waals surface area contributed by atoms with Gasteiger partial charge in [-0.25, -0.2) is 13.1 Å². The number of methoxy groups -OCH3 is 1. The van der Waals surface area contributed by atoms with Crippen LogP contribution in [0.25, 0.3) is 10.8 Å². The fourth-order valence-corrected chi connectivity index (χ4v) is 4.19. The van der Waals surface area contributed by atoms with E-state index in [-0.39, 0.29) is 14.9 Å². The van der Waals surface area contributed by atoms with Crippen molar-refractivity contribution in [3.05, 3.63) is 64.6 Å². The molecule has 146 valence electrons. The smallest absolute Gasteiger partial charge is 0.271 e. The number of ether oxygens (including phenoxy) is 2. The monoisotopic (exact) mass is 439 g/mol. The Balaban J connectivity index is 1.69. The first kappa shape index (κ1) is 20.3. The SMILES string of the molecule is COc1ccc2ccc(OCC(=O)NS(=O)(=O)c3cc(Cl)cc(Cl)c3)cc2c1. The third-order valence-corrected chi connectivity index (χ3v) is 5.57. The fourth-order valence-electron chi connectivity index (χ4n) is 2.49. The Kier molecular flexibility index (Phi) is 5.98. The van der Waals surface area contributed by atoms with Crippen molar-refractivity contribution in [2.45, 2.75) is 4.90 Å². The third-order valence-electron chi connectivity index (χ3n) is 3.78. The highest BCUT2D eigenvalue weighted by Gasteiger charge is 2.19. The van der Waals surface area contributed by atoms with Gasteiger partial charge in [0.1, 0.15) is 11.5 Å².